The van der Waals surface area contributed by atoms with Gasteiger partial charge in [0.25, 0.3) is 5.91 Å². The van der Waals surface area contributed by atoms with Crippen LogP contribution in [0, 0.1) is 13.8 Å². The van der Waals surface area contributed by atoms with Crippen LogP contribution < -0.4 is 5.32 Å². The number of nitrogens with zero attached hydrogens (tertiary/aromatic N) is 3. The van der Waals surface area contributed by atoms with Crippen molar-refractivity contribution < 1.29 is 19.4 Å². The van der Waals surface area contributed by atoms with Gasteiger partial charge in [-0.05, 0) is 33.6 Å². The van der Waals surface area contributed by atoms with Crippen LogP contribution in [0.4, 0.5) is 0 Å². The van der Waals surface area contributed by atoms with E-state index in [0.717, 1.165) is 29.9 Å². The normalized spacial score (nSPS) is 16.4. The Kier molecular flexibility index (Phi) is 5.38. The van der Waals surface area contributed by atoms with Gasteiger partial charge in [-0.25, -0.2) is 9.78 Å². The van der Waals surface area contributed by atoms with Crippen LogP contribution >= 0.6 is 11.3 Å². The summed E-state index contributed by atoms with van der Waals surface area (Å²) in [4.78, 5) is 28.3. The standard InChI is InChI=1S/C17H22N4O4S/c1-9-14(17(23)24)26-16(20-9)10(2)19-15(22)13-8-18-21(11(13)3)12-4-6-25-7-5-12/h8,10,12H,4-7H2,1-3H3,(H,19,22)(H,23,24). The SMILES string of the molecule is Cc1nc(C(C)NC(=O)c2cnn(C3CCOCC3)c2C)sc1C(=O)O. The quantitative estimate of drug-likeness (QED) is 0.828. The van der Waals surface area contributed by atoms with Gasteiger partial charge in [0.1, 0.15) is 9.88 Å². The van der Waals surface area contributed by atoms with Gasteiger partial charge in [-0.3, -0.25) is 9.48 Å². The minimum atomic E-state index is -1.00. The predicted molar refractivity (Wildman–Crippen MR) is 95.7 cm³/mol. The highest BCUT2D eigenvalue weighted by Crippen LogP contribution is 2.25. The highest BCUT2D eigenvalue weighted by atomic mass is 32.1. The molecule has 0 radical (unpaired) electrons. The van der Waals surface area contributed by atoms with E-state index in [4.69, 9.17) is 9.84 Å². The van der Waals surface area contributed by atoms with Crippen molar-refractivity contribution in [3.05, 3.63) is 33.0 Å². The molecular weight excluding hydrogens is 356 g/mol. The molecule has 1 atom stereocenters. The highest BCUT2D eigenvalue weighted by molar-refractivity contribution is 7.13. The molecule has 26 heavy (non-hydrogen) atoms. The summed E-state index contributed by atoms with van der Waals surface area (Å²) in [6.07, 6.45) is 3.36. The van der Waals surface area contributed by atoms with Crippen molar-refractivity contribution in [1.29, 1.82) is 0 Å². The summed E-state index contributed by atoms with van der Waals surface area (Å²) in [6.45, 7) is 6.74. The minimum absolute atomic E-state index is 0.199. The molecule has 1 fully saturated rings. The first-order chi connectivity index (χ1) is 12.4. The number of carboxylic acids is 1. The molecule has 1 unspecified atom stereocenters. The van der Waals surface area contributed by atoms with Crippen molar-refractivity contribution in [1.82, 2.24) is 20.1 Å². The number of hydrogen-bond donors (Lipinski definition) is 2. The number of nitrogens with one attached hydrogen (secondary N) is 1. The van der Waals surface area contributed by atoms with Crippen LogP contribution in [0.5, 0.6) is 0 Å². The van der Waals surface area contributed by atoms with Gasteiger partial charge >= 0.3 is 5.97 Å². The Labute approximate surface area is 155 Å². The molecule has 9 heteroatoms. The lowest BCUT2D eigenvalue weighted by Crippen LogP contribution is -2.27. The number of carbonyl (C=O) groups excluding carboxylic acids is 1. The smallest absolute Gasteiger partial charge is 0.347 e. The molecule has 1 saturated heterocycles. The van der Waals surface area contributed by atoms with Gasteiger partial charge in [0.05, 0.1) is 29.5 Å². The zero-order chi connectivity index (χ0) is 18.8. The number of thiazole rings is 1. The van der Waals surface area contributed by atoms with Crippen LogP contribution in [-0.4, -0.2) is 45.0 Å². The monoisotopic (exact) mass is 378 g/mol. The molecule has 2 aromatic rings. The summed E-state index contributed by atoms with van der Waals surface area (Å²) >= 11 is 1.08. The molecule has 0 aromatic carbocycles. The summed E-state index contributed by atoms with van der Waals surface area (Å²) in [5.41, 5.74) is 1.81. The van der Waals surface area contributed by atoms with Crippen LogP contribution in [0.2, 0.25) is 0 Å². The lowest BCUT2D eigenvalue weighted by Gasteiger charge is -2.23. The van der Waals surface area contributed by atoms with Gasteiger partial charge < -0.3 is 15.2 Å². The Bertz CT molecular complexity index is 823. The first-order valence-corrected chi connectivity index (χ1v) is 9.33. The van der Waals surface area contributed by atoms with E-state index in [2.05, 4.69) is 15.4 Å². The fourth-order valence-corrected chi connectivity index (χ4v) is 3.99. The molecule has 2 aromatic heterocycles. The fraction of sp³-hybridized carbons (Fsp3) is 0.529. The molecule has 3 rings (SSSR count). The van der Waals surface area contributed by atoms with Crippen molar-refractivity contribution in [3.8, 4) is 0 Å². The fourth-order valence-electron chi connectivity index (χ4n) is 3.08. The van der Waals surface area contributed by atoms with Gasteiger partial charge in [-0.2, -0.15) is 5.10 Å². The second-order valence-corrected chi connectivity index (χ2v) is 7.43. The molecule has 1 amide bonds. The molecular formula is C17H22N4O4S. The zero-order valence-electron chi connectivity index (χ0n) is 15.0. The lowest BCUT2D eigenvalue weighted by atomic mass is 10.1. The van der Waals surface area contributed by atoms with Gasteiger partial charge in [-0.1, -0.05) is 0 Å². The van der Waals surface area contributed by atoms with E-state index >= 15 is 0 Å². The average molecular weight is 378 g/mol. The van der Waals surface area contributed by atoms with Crippen molar-refractivity contribution in [2.24, 2.45) is 0 Å². The van der Waals surface area contributed by atoms with Crippen LogP contribution in [0.1, 0.15) is 68.3 Å². The molecule has 0 saturated carbocycles. The summed E-state index contributed by atoms with van der Waals surface area (Å²) in [5, 5.41) is 17.0. The van der Waals surface area contributed by atoms with Crippen molar-refractivity contribution in [2.75, 3.05) is 13.2 Å². The molecule has 2 N–H and O–H groups in total. The second kappa shape index (κ2) is 7.55. The van der Waals surface area contributed by atoms with Crippen molar-refractivity contribution >= 4 is 23.2 Å². The Morgan fingerprint density at radius 1 is 1.38 bits per heavy atom. The van der Waals surface area contributed by atoms with Crippen LogP contribution in [0.25, 0.3) is 0 Å². The number of aromatic nitrogens is 3. The minimum Gasteiger partial charge on any atom is -0.477 e. The number of amides is 1. The van der Waals surface area contributed by atoms with E-state index in [1.54, 1.807) is 20.0 Å². The van der Waals surface area contributed by atoms with Gasteiger partial charge in [-0.15, -0.1) is 11.3 Å². The van der Waals surface area contributed by atoms with E-state index in [9.17, 15) is 9.59 Å². The zero-order valence-corrected chi connectivity index (χ0v) is 15.8. The van der Waals surface area contributed by atoms with Gasteiger partial charge in [0.15, 0.2) is 0 Å². The first-order valence-electron chi connectivity index (χ1n) is 8.51. The van der Waals surface area contributed by atoms with E-state index in [1.165, 1.54) is 0 Å². The number of ether oxygens (including phenoxy) is 1. The number of carbonyl (C=O) groups is 2. The topological polar surface area (TPSA) is 106 Å². The average Bonchev–Trinajstić information content (AvgIpc) is 3.18. The number of carboxylic acid groups (broad SMARTS) is 1. The maximum atomic E-state index is 12.6. The Hall–Kier alpha value is -2.26. The molecule has 3 heterocycles. The van der Waals surface area contributed by atoms with Crippen molar-refractivity contribution in [3.63, 3.8) is 0 Å². The maximum Gasteiger partial charge on any atom is 0.347 e. The Morgan fingerprint density at radius 3 is 2.69 bits per heavy atom. The summed E-state index contributed by atoms with van der Waals surface area (Å²) < 4.78 is 7.28. The van der Waals surface area contributed by atoms with E-state index < -0.39 is 5.97 Å². The maximum absolute atomic E-state index is 12.6. The predicted octanol–water partition coefficient (Wildman–Crippen LogP) is 2.50. The number of aryl methyl sites for hydroxylation is 1. The van der Waals surface area contributed by atoms with Gasteiger partial charge in [0, 0.05) is 18.9 Å². The lowest BCUT2D eigenvalue weighted by molar-refractivity contribution is 0.0656. The molecule has 0 aliphatic carbocycles. The molecule has 1 aliphatic rings. The Balaban J connectivity index is 1.72. The van der Waals surface area contributed by atoms with E-state index in [1.807, 2.05) is 11.6 Å². The molecule has 140 valence electrons. The van der Waals surface area contributed by atoms with Crippen LogP contribution in [-0.2, 0) is 4.74 Å². The third-order valence-electron chi connectivity index (χ3n) is 4.55. The highest BCUT2D eigenvalue weighted by Gasteiger charge is 2.24. The number of aromatic carboxylic acids is 1. The third-order valence-corrected chi connectivity index (χ3v) is 5.88. The van der Waals surface area contributed by atoms with Crippen LogP contribution in [0.15, 0.2) is 6.20 Å². The van der Waals surface area contributed by atoms with Crippen LogP contribution in [0.3, 0.4) is 0 Å². The number of rotatable bonds is 5. The Morgan fingerprint density at radius 2 is 2.08 bits per heavy atom. The molecule has 0 spiro atoms. The second-order valence-electron chi connectivity index (χ2n) is 6.40. The molecule has 1 aliphatic heterocycles. The number of hydrogen-bond acceptors (Lipinski definition) is 6. The third kappa shape index (κ3) is 3.63. The summed E-state index contributed by atoms with van der Waals surface area (Å²) in [7, 11) is 0. The summed E-state index contributed by atoms with van der Waals surface area (Å²) in [5.74, 6) is -1.24. The van der Waals surface area contributed by atoms with Gasteiger partial charge in [0.2, 0.25) is 0 Å². The first kappa shape index (κ1) is 18.5. The summed E-state index contributed by atoms with van der Waals surface area (Å²) in [6, 6.07) is -0.132. The van der Waals surface area contributed by atoms with E-state index in [0.29, 0.717) is 29.5 Å². The van der Waals surface area contributed by atoms with Crippen molar-refractivity contribution in [2.45, 2.75) is 45.7 Å². The molecule has 0 bridgehead atoms. The van der Waals surface area contributed by atoms with E-state index in [-0.39, 0.29) is 22.9 Å². The molecule has 8 nitrogen and oxygen atoms in total. The largest absolute Gasteiger partial charge is 0.477 e.